The van der Waals surface area contributed by atoms with E-state index < -0.39 is 12.1 Å². The van der Waals surface area contributed by atoms with Crippen LogP contribution >= 0.6 is 0 Å². The number of aromatic nitrogens is 1. The predicted molar refractivity (Wildman–Crippen MR) is 106 cm³/mol. The van der Waals surface area contributed by atoms with E-state index in [1.807, 2.05) is 17.0 Å². The number of pyridine rings is 1. The van der Waals surface area contributed by atoms with Crippen LogP contribution in [0.1, 0.15) is 49.0 Å². The summed E-state index contributed by atoms with van der Waals surface area (Å²) in [4.78, 5) is 39.6. The highest BCUT2D eigenvalue weighted by atomic mass is 19.4. The van der Waals surface area contributed by atoms with Crippen molar-refractivity contribution in [1.29, 1.82) is 0 Å². The average Bonchev–Trinajstić information content (AvgIpc) is 3.52. The van der Waals surface area contributed by atoms with Crippen molar-refractivity contribution in [2.24, 2.45) is 5.92 Å². The second kappa shape index (κ2) is 9.85. The second-order valence-electron chi connectivity index (χ2n) is 8.33. The van der Waals surface area contributed by atoms with Gasteiger partial charge in [0, 0.05) is 25.8 Å². The number of nitrogens with zero attached hydrogens (tertiary/aromatic N) is 2. The van der Waals surface area contributed by atoms with E-state index in [0.29, 0.717) is 24.7 Å². The molecule has 11 heteroatoms. The minimum Gasteiger partial charge on any atom is -0.475 e. The summed E-state index contributed by atoms with van der Waals surface area (Å²) in [5, 5.41) is 10.1. The SMILES string of the molecule is O=C(NCC1CC1)C1CCC2(CCN(C(=O)c3ccccn3)CC2)O1.O=C(O)C(F)(F)F. The average molecular weight is 457 g/mol. The first-order valence-electron chi connectivity index (χ1n) is 10.6. The molecule has 1 aromatic heterocycles. The van der Waals surface area contributed by atoms with Crippen LogP contribution in [0.4, 0.5) is 13.2 Å². The van der Waals surface area contributed by atoms with Crippen molar-refractivity contribution in [3.8, 4) is 0 Å². The molecule has 0 aromatic carbocycles. The molecule has 1 atom stereocenters. The van der Waals surface area contributed by atoms with Crippen LogP contribution in [0.25, 0.3) is 0 Å². The quantitative estimate of drug-likeness (QED) is 0.719. The number of ether oxygens (including phenoxy) is 1. The Morgan fingerprint density at radius 3 is 2.34 bits per heavy atom. The molecule has 2 N–H and O–H groups in total. The third kappa shape index (κ3) is 6.41. The maximum atomic E-state index is 12.5. The maximum Gasteiger partial charge on any atom is 0.490 e. The van der Waals surface area contributed by atoms with Crippen molar-refractivity contribution >= 4 is 17.8 Å². The fraction of sp³-hybridized carbons (Fsp3) is 0.619. The smallest absolute Gasteiger partial charge is 0.475 e. The summed E-state index contributed by atoms with van der Waals surface area (Å²) in [6.07, 6.45) is 1.97. The Morgan fingerprint density at radius 1 is 1.16 bits per heavy atom. The Bertz CT molecular complexity index is 822. The van der Waals surface area contributed by atoms with Crippen LogP contribution in [0.2, 0.25) is 0 Å². The monoisotopic (exact) mass is 457 g/mol. The number of alkyl halides is 3. The van der Waals surface area contributed by atoms with Crippen LogP contribution in [0.3, 0.4) is 0 Å². The molecule has 0 radical (unpaired) electrons. The molecule has 1 unspecified atom stereocenters. The molecule has 1 saturated carbocycles. The lowest BCUT2D eigenvalue weighted by molar-refractivity contribution is -0.192. The number of carboxylic acid groups (broad SMARTS) is 1. The van der Waals surface area contributed by atoms with Crippen molar-refractivity contribution in [3.05, 3.63) is 30.1 Å². The first kappa shape index (κ1) is 24.0. The number of likely N-dealkylation sites (tertiary alicyclic amines) is 1. The van der Waals surface area contributed by atoms with Gasteiger partial charge in [-0.15, -0.1) is 0 Å². The zero-order valence-corrected chi connectivity index (χ0v) is 17.4. The Hall–Kier alpha value is -2.69. The first-order chi connectivity index (χ1) is 15.1. The lowest BCUT2D eigenvalue weighted by Crippen LogP contribution is -2.47. The predicted octanol–water partition coefficient (Wildman–Crippen LogP) is 2.39. The van der Waals surface area contributed by atoms with Gasteiger partial charge in [-0.3, -0.25) is 14.6 Å². The summed E-state index contributed by atoms with van der Waals surface area (Å²) in [6.45, 7) is 2.11. The van der Waals surface area contributed by atoms with Crippen LogP contribution in [0.15, 0.2) is 24.4 Å². The van der Waals surface area contributed by atoms with E-state index in [4.69, 9.17) is 14.6 Å². The van der Waals surface area contributed by atoms with Gasteiger partial charge in [-0.1, -0.05) is 6.07 Å². The van der Waals surface area contributed by atoms with Gasteiger partial charge in [0.1, 0.15) is 11.8 Å². The van der Waals surface area contributed by atoms with Crippen LogP contribution in [0, 0.1) is 5.92 Å². The number of rotatable bonds is 4. The molecule has 3 aliphatic rings. The molecule has 1 aliphatic carbocycles. The van der Waals surface area contributed by atoms with Crippen molar-refractivity contribution in [2.75, 3.05) is 19.6 Å². The number of carbonyl (C=O) groups is 3. The third-order valence-electron chi connectivity index (χ3n) is 5.90. The van der Waals surface area contributed by atoms with Gasteiger partial charge in [0.15, 0.2) is 0 Å². The Morgan fingerprint density at radius 2 is 1.81 bits per heavy atom. The van der Waals surface area contributed by atoms with Crippen LogP contribution in [-0.2, 0) is 14.3 Å². The zero-order chi connectivity index (χ0) is 23.4. The number of piperidine rings is 1. The number of carbonyl (C=O) groups excluding carboxylic acids is 2. The molecule has 0 bridgehead atoms. The minimum atomic E-state index is -5.08. The molecule has 1 spiro atoms. The highest BCUT2D eigenvalue weighted by Gasteiger charge is 2.45. The molecule has 1 aromatic rings. The van der Waals surface area contributed by atoms with Crippen LogP contribution in [0.5, 0.6) is 0 Å². The molecule has 4 rings (SSSR count). The summed E-state index contributed by atoms with van der Waals surface area (Å²) in [6, 6.07) is 5.39. The fourth-order valence-corrected chi connectivity index (χ4v) is 3.82. The lowest BCUT2D eigenvalue weighted by Gasteiger charge is -2.38. The molecular weight excluding hydrogens is 431 g/mol. The van der Waals surface area contributed by atoms with Crippen molar-refractivity contribution < 1.29 is 37.4 Å². The van der Waals surface area contributed by atoms with Gasteiger partial charge in [-0.25, -0.2) is 4.79 Å². The molecule has 2 amide bonds. The highest BCUT2D eigenvalue weighted by molar-refractivity contribution is 5.92. The standard InChI is InChI=1S/C19H25N3O3.C2HF3O2/c23-17(21-13-14-4-5-14)16-6-7-19(25-16)8-11-22(12-9-19)18(24)15-3-1-2-10-20-15;3-2(4,5)1(6)7/h1-3,10,14,16H,4-9,11-13H2,(H,21,23);(H,6,7). The molecule has 176 valence electrons. The maximum absolute atomic E-state index is 12.5. The van der Waals surface area contributed by atoms with Gasteiger partial charge in [-0.05, 0) is 56.6 Å². The summed E-state index contributed by atoms with van der Waals surface area (Å²) in [5.41, 5.74) is 0.255. The molecule has 8 nitrogen and oxygen atoms in total. The molecule has 3 heterocycles. The lowest BCUT2D eigenvalue weighted by atomic mass is 9.88. The van der Waals surface area contributed by atoms with Crippen LogP contribution in [-0.4, -0.2) is 70.3 Å². The zero-order valence-electron chi connectivity index (χ0n) is 17.4. The molecule has 2 saturated heterocycles. The van der Waals surface area contributed by atoms with Crippen LogP contribution < -0.4 is 5.32 Å². The topological polar surface area (TPSA) is 109 Å². The fourth-order valence-electron chi connectivity index (χ4n) is 3.82. The Labute approximate surface area is 183 Å². The summed E-state index contributed by atoms with van der Waals surface area (Å²) < 4.78 is 37.9. The summed E-state index contributed by atoms with van der Waals surface area (Å²) in [5.74, 6) is -2.06. The first-order valence-corrected chi connectivity index (χ1v) is 10.6. The van der Waals surface area contributed by atoms with Crippen molar-refractivity contribution in [2.45, 2.75) is 56.4 Å². The van der Waals surface area contributed by atoms with Crippen molar-refractivity contribution in [3.63, 3.8) is 0 Å². The number of amides is 2. The van der Waals surface area contributed by atoms with E-state index >= 15 is 0 Å². The van der Waals surface area contributed by atoms with Gasteiger partial charge in [-0.2, -0.15) is 13.2 Å². The normalized spacial score (nSPS) is 22.1. The van der Waals surface area contributed by atoms with Crippen molar-refractivity contribution in [1.82, 2.24) is 15.2 Å². The number of carboxylic acids is 1. The van der Waals surface area contributed by atoms with Gasteiger partial charge in [0.05, 0.1) is 5.60 Å². The Balaban J connectivity index is 0.000000360. The van der Waals surface area contributed by atoms with E-state index in [-0.39, 0.29) is 23.5 Å². The summed E-state index contributed by atoms with van der Waals surface area (Å²) >= 11 is 0. The van der Waals surface area contributed by atoms with Gasteiger partial charge in [0.25, 0.3) is 5.91 Å². The summed E-state index contributed by atoms with van der Waals surface area (Å²) in [7, 11) is 0. The van der Waals surface area contributed by atoms with E-state index in [1.54, 1.807) is 12.3 Å². The molecule has 32 heavy (non-hydrogen) atoms. The number of halogens is 3. The van der Waals surface area contributed by atoms with E-state index in [9.17, 15) is 22.8 Å². The number of aliphatic carboxylic acids is 1. The molecular formula is C21H26F3N3O5. The van der Waals surface area contributed by atoms with Gasteiger partial charge in [0.2, 0.25) is 5.91 Å². The Kier molecular flexibility index (Phi) is 7.37. The van der Waals surface area contributed by atoms with E-state index in [2.05, 4.69) is 10.3 Å². The molecule has 2 aliphatic heterocycles. The molecule has 3 fully saturated rings. The van der Waals surface area contributed by atoms with Gasteiger partial charge < -0.3 is 20.1 Å². The van der Waals surface area contributed by atoms with E-state index in [1.165, 1.54) is 12.8 Å². The van der Waals surface area contributed by atoms with Gasteiger partial charge >= 0.3 is 12.1 Å². The second-order valence-corrected chi connectivity index (χ2v) is 8.33. The third-order valence-corrected chi connectivity index (χ3v) is 5.90. The number of nitrogens with one attached hydrogen (secondary N) is 1. The number of hydrogen-bond donors (Lipinski definition) is 2. The number of hydrogen-bond acceptors (Lipinski definition) is 5. The largest absolute Gasteiger partial charge is 0.490 e. The minimum absolute atomic E-state index is 0.0211. The van der Waals surface area contributed by atoms with E-state index in [0.717, 1.165) is 32.2 Å². The highest BCUT2D eigenvalue weighted by Crippen LogP contribution is 2.39.